The van der Waals surface area contributed by atoms with E-state index in [0.717, 1.165) is 16.5 Å². The van der Waals surface area contributed by atoms with E-state index in [2.05, 4.69) is 11.1 Å². The van der Waals surface area contributed by atoms with Crippen LogP contribution in [0.3, 0.4) is 0 Å². The molecule has 1 heterocycles. The van der Waals surface area contributed by atoms with Gasteiger partial charge in [-0.25, -0.2) is 0 Å². The van der Waals surface area contributed by atoms with Gasteiger partial charge in [0.05, 0.1) is 12.3 Å². The molecule has 1 aliphatic rings. The number of aryl methyl sites for hydroxylation is 1. The third-order valence-electron chi connectivity index (χ3n) is 3.44. The predicted molar refractivity (Wildman–Crippen MR) is 65.0 cm³/mol. The van der Waals surface area contributed by atoms with Crippen molar-refractivity contribution in [2.24, 2.45) is 0 Å². The summed E-state index contributed by atoms with van der Waals surface area (Å²) >= 11 is 0. The third kappa shape index (κ3) is 1.58. The molecule has 1 atom stereocenters. The molecular formula is C14H13NO2. The van der Waals surface area contributed by atoms with Gasteiger partial charge in [0.15, 0.2) is 0 Å². The zero-order valence-corrected chi connectivity index (χ0v) is 9.62. The van der Waals surface area contributed by atoms with Crippen LogP contribution in [0.25, 0.3) is 10.9 Å². The van der Waals surface area contributed by atoms with Crippen LogP contribution in [0, 0.1) is 6.92 Å². The van der Waals surface area contributed by atoms with Crippen LogP contribution in [0.4, 0.5) is 0 Å². The first-order chi connectivity index (χ1) is 8.15. The first kappa shape index (κ1) is 10.3. The van der Waals surface area contributed by atoms with Crippen LogP contribution < -0.4 is 0 Å². The standard InChI is InChI=1S/C14H13NO2/c1-8-2-3-10-12(7-15-13(10)4-8)11-5-9(16)6-14(11)17/h2-4,7,11,15H,5-6H2,1H3. The number of rotatable bonds is 1. The van der Waals surface area contributed by atoms with Crippen molar-refractivity contribution < 1.29 is 9.59 Å². The number of benzene rings is 1. The topological polar surface area (TPSA) is 49.9 Å². The zero-order chi connectivity index (χ0) is 12.0. The Morgan fingerprint density at radius 3 is 2.82 bits per heavy atom. The number of carbonyl (C=O) groups excluding carboxylic acids is 2. The van der Waals surface area contributed by atoms with E-state index < -0.39 is 0 Å². The molecule has 0 radical (unpaired) electrons. The molecule has 1 aromatic heterocycles. The summed E-state index contributed by atoms with van der Waals surface area (Å²) in [5.41, 5.74) is 3.18. The van der Waals surface area contributed by atoms with E-state index >= 15 is 0 Å². The minimum Gasteiger partial charge on any atom is -0.361 e. The quantitative estimate of drug-likeness (QED) is 0.761. The number of hydrogen-bond donors (Lipinski definition) is 1. The van der Waals surface area contributed by atoms with Gasteiger partial charge in [0.1, 0.15) is 11.6 Å². The molecule has 86 valence electrons. The van der Waals surface area contributed by atoms with E-state index in [1.807, 2.05) is 25.3 Å². The van der Waals surface area contributed by atoms with Crippen LogP contribution in [0.5, 0.6) is 0 Å². The highest BCUT2D eigenvalue weighted by Crippen LogP contribution is 2.34. The highest BCUT2D eigenvalue weighted by Gasteiger charge is 2.33. The van der Waals surface area contributed by atoms with E-state index in [-0.39, 0.29) is 23.9 Å². The largest absolute Gasteiger partial charge is 0.361 e. The number of nitrogens with one attached hydrogen (secondary N) is 1. The summed E-state index contributed by atoms with van der Waals surface area (Å²) in [6.45, 7) is 2.03. The van der Waals surface area contributed by atoms with Gasteiger partial charge >= 0.3 is 0 Å². The molecule has 0 amide bonds. The molecule has 3 nitrogen and oxygen atoms in total. The highest BCUT2D eigenvalue weighted by atomic mass is 16.2. The number of ketones is 2. The molecule has 3 rings (SSSR count). The maximum absolute atomic E-state index is 11.8. The van der Waals surface area contributed by atoms with Crippen molar-refractivity contribution in [3.05, 3.63) is 35.5 Å². The van der Waals surface area contributed by atoms with E-state index in [1.165, 1.54) is 5.56 Å². The molecule has 1 aromatic carbocycles. The Labute approximate surface area is 98.8 Å². The Morgan fingerprint density at radius 1 is 1.29 bits per heavy atom. The van der Waals surface area contributed by atoms with Crippen LogP contribution in [-0.4, -0.2) is 16.6 Å². The lowest BCUT2D eigenvalue weighted by atomic mass is 9.96. The molecule has 0 bridgehead atoms. The average Bonchev–Trinajstić information content (AvgIpc) is 2.81. The van der Waals surface area contributed by atoms with Crippen LogP contribution in [0.2, 0.25) is 0 Å². The Bertz CT molecular complexity index is 624. The van der Waals surface area contributed by atoms with Crippen molar-refractivity contribution >= 4 is 22.5 Å². The van der Waals surface area contributed by atoms with E-state index in [9.17, 15) is 9.59 Å². The summed E-state index contributed by atoms with van der Waals surface area (Å²) in [5.74, 6) is -0.128. The molecule has 1 aliphatic carbocycles. The number of aromatic nitrogens is 1. The minimum atomic E-state index is -0.237. The Balaban J connectivity index is 2.12. The van der Waals surface area contributed by atoms with Gasteiger partial charge in [-0.1, -0.05) is 12.1 Å². The smallest absolute Gasteiger partial charge is 0.148 e. The van der Waals surface area contributed by atoms with Crippen molar-refractivity contribution in [2.75, 3.05) is 0 Å². The van der Waals surface area contributed by atoms with E-state index in [0.29, 0.717) is 6.42 Å². The molecule has 3 heteroatoms. The molecule has 17 heavy (non-hydrogen) atoms. The van der Waals surface area contributed by atoms with Crippen molar-refractivity contribution in [3.63, 3.8) is 0 Å². The van der Waals surface area contributed by atoms with Gasteiger partial charge in [0.2, 0.25) is 0 Å². The van der Waals surface area contributed by atoms with Gasteiger partial charge in [0.25, 0.3) is 0 Å². The van der Waals surface area contributed by atoms with Crippen molar-refractivity contribution in [2.45, 2.75) is 25.7 Å². The van der Waals surface area contributed by atoms with Crippen molar-refractivity contribution in [1.29, 1.82) is 0 Å². The van der Waals surface area contributed by atoms with Crippen molar-refractivity contribution in [1.82, 2.24) is 4.98 Å². The lowest BCUT2D eigenvalue weighted by Crippen LogP contribution is -2.03. The maximum atomic E-state index is 11.8. The Morgan fingerprint density at radius 2 is 2.12 bits per heavy atom. The monoisotopic (exact) mass is 227 g/mol. The van der Waals surface area contributed by atoms with Crippen LogP contribution in [0.15, 0.2) is 24.4 Å². The fourth-order valence-corrected chi connectivity index (χ4v) is 2.57. The zero-order valence-electron chi connectivity index (χ0n) is 9.62. The molecule has 2 aromatic rings. The fraction of sp³-hybridized carbons (Fsp3) is 0.286. The van der Waals surface area contributed by atoms with Gasteiger partial charge in [0, 0.05) is 23.5 Å². The normalized spacial score (nSPS) is 20.4. The van der Waals surface area contributed by atoms with Crippen LogP contribution in [-0.2, 0) is 9.59 Å². The van der Waals surface area contributed by atoms with Gasteiger partial charge < -0.3 is 4.98 Å². The van der Waals surface area contributed by atoms with Gasteiger partial charge in [-0.05, 0) is 24.1 Å². The first-order valence-corrected chi connectivity index (χ1v) is 5.77. The summed E-state index contributed by atoms with van der Waals surface area (Å²) in [6.07, 6.45) is 2.33. The van der Waals surface area contributed by atoms with Gasteiger partial charge in [-0.2, -0.15) is 0 Å². The summed E-state index contributed by atoms with van der Waals surface area (Å²) in [5, 5.41) is 1.06. The summed E-state index contributed by atoms with van der Waals surface area (Å²) in [6, 6.07) is 6.10. The Kier molecular flexibility index (Phi) is 2.15. The van der Waals surface area contributed by atoms with Gasteiger partial charge in [-0.15, -0.1) is 0 Å². The molecule has 1 unspecified atom stereocenters. The van der Waals surface area contributed by atoms with E-state index in [1.54, 1.807) is 0 Å². The maximum Gasteiger partial charge on any atom is 0.148 e. The fourth-order valence-electron chi connectivity index (χ4n) is 2.57. The molecule has 0 aliphatic heterocycles. The molecule has 0 saturated heterocycles. The summed E-state index contributed by atoms with van der Waals surface area (Å²) < 4.78 is 0. The second kappa shape index (κ2) is 3.55. The summed E-state index contributed by atoms with van der Waals surface area (Å²) in [4.78, 5) is 26.3. The molecule has 1 N–H and O–H groups in total. The number of hydrogen-bond acceptors (Lipinski definition) is 2. The molecule has 0 spiro atoms. The molecular weight excluding hydrogens is 214 g/mol. The lowest BCUT2D eigenvalue weighted by molar-refractivity contribution is -0.121. The van der Waals surface area contributed by atoms with Crippen LogP contribution in [0.1, 0.15) is 29.9 Å². The lowest BCUT2D eigenvalue weighted by Gasteiger charge is -2.05. The second-order valence-corrected chi connectivity index (χ2v) is 4.73. The predicted octanol–water partition coefficient (Wildman–Crippen LogP) is 2.49. The highest BCUT2D eigenvalue weighted by molar-refractivity contribution is 6.10. The van der Waals surface area contributed by atoms with E-state index in [4.69, 9.17) is 0 Å². The number of carbonyl (C=O) groups is 2. The molecule has 1 saturated carbocycles. The second-order valence-electron chi connectivity index (χ2n) is 4.73. The first-order valence-electron chi connectivity index (χ1n) is 5.77. The number of H-pyrrole nitrogens is 1. The third-order valence-corrected chi connectivity index (χ3v) is 3.44. The SMILES string of the molecule is Cc1ccc2c(C3CC(=O)CC3=O)c[nH]c2c1. The summed E-state index contributed by atoms with van der Waals surface area (Å²) in [7, 11) is 0. The minimum absolute atomic E-state index is 0.0523. The average molecular weight is 227 g/mol. The van der Waals surface area contributed by atoms with Crippen molar-refractivity contribution in [3.8, 4) is 0 Å². The van der Waals surface area contributed by atoms with Gasteiger partial charge in [-0.3, -0.25) is 9.59 Å². The number of fused-ring (bicyclic) bond motifs is 1. The Hall–Kier alpha value is -1.90. The number of Topliss-reactive ketones (excluding diaryl/α,β-unsaturated/α-hetero) is 2. The molecule has 1 fully saturated rings. The van der Waals surface area contributed by atoms with Crippen LogP contribution >= 0.6 is 0 Å². The number of aromatic amines is 1.